The standard InChI is InChI=1S/C10H9ClN2OS/c11-6-1-2-9-7(5-6)13-10(15-9)8(14)3-4-12/h1-2,5H,3-4,12H2. The van der Waals surface area contributed by atoms with Crippen molar-refractivity contribution in [1.82, 2.24) is 4.98 Å². The van der Waals surface area contributed by atoms with Gasteiger partial charge in [-0.25, -0.2) is 4.98 Å². The molecular formula is C10H9ClN2OS. The monoisotopic (exact) mass is 240 g/mol. The number of Topliss-reactive ketones (excluding diaryl/α,β-unsaturated/α-hetero) is 1. The molecule has 0 saturated carbocycles. The third-order valence-corrected chi connectivity index (χ3v) is 3.27. The third kappa shape index (κ3) is 2.17. The van der Waals surface area contributed by atoms with Crippen molar-refractivity contribution in [1.29, 1.82) is 0 Å². The van der Waals surface area contributed by atoms with Crippen LogP contribution in [0.2, 0.25) is 5.02 Å². The van der Waals surface area contributed by atoms with E-state index >= 15 is 0 Å². The fraction of sp³-hybridized carbons (Fsp3) is 0.200. The highest BCUT2D eigenvalue weighted by Crippen LogP contribution is 2.25. The van der Waals surface area contributed by atoms with Crippen LogP contribution in [0.5, 0.6) is 0 Å². The fourth-order valence-electron chi connectivity index (χ4n) is 1.26. The van der Waals surface area contributed by atoms with Gasteiger partial charge in [-0.05, 0) is 24.7 Å². The highest BCUT2D eigenvalue weighted by atomic mass is 35.5. The van der Waals surface area contributed by atoms with Gasteiger partial charge < -0.3 is 5.73 Å². The van der Waals surface area contributed by atoms with Gasteiger partial charge >= 0.3 is 0 Å². The molecule has 1 aromatic heterocycles. The second-order valence-electron chi connectivity index (χ2n) is 3.09. The molecule has 5 heteroatoms. The topological polar surface area (TPSA) is 56.0 Å². The molecule has 15 heavy (non-hydrogen) atoms. The van der Waals surface area contributed by atoms with Gasteiger partial charge in [0.15, 0.2) is 10.8 Å². The molecule has 78 valence electrons. The van der Waals surface area contributed by atoms with E-state index in [1.165, 1.54) is 11.3 Å². The molecule has 0 radical (unpaired) electrons. The Morgan fingerprint density at radius 1 is 1.53 bits per heavy atom. The van der Waals surface area contributed by atoms with Crippen molar-refractivity contribution in [3.05, 3.63) is 28.2 Å². The molecule has 0 amide bonds. The molecule has 0 spiro atoms. The second-order valence-corrected chi connectivity index (χ2v) is 4.56. The van der Waals surface area contributed by atoms with Gasteiger partial charge in [-0.2, -0.15) is 0 Å². The average molecular weight is 241 g/mol. The summed E-state index contributed by atoms with van der Waals surface area (Å²) in [6.45, 7) is 0.357. The van der Waals surface area contributed by atoms with Crippen LogP contribution in [0.4, 0.5) is 0 Å². The quantitative estimate of drug-likeness (QED) is 0.839. The lowest BCUT2D eigenvalue weighted by atomic mass is 10.3. The highest BCUT2D eigenvalue weighted by molar-refractivity contribution is 7.20. The maximum Gasteiger partial charge on any atom is 0.192 e. The summed E-state index contributed by atoms with van der Waals surface area (Å²) in [5, 5.41) is 1.14. The van der Waals surface area contributed by atoms with E-state index in [9.17, 15) is 4.79 Å². The Kier molecular flexibility index (Phi) is 3.00. The van der Waals surface area contributed by atoms with E-state index in [0.717, 1.165) is 10.2 Å². The number of rotatable bonds is 3. The molecule has 0 bridgehead atoms. The van der Waals surface area contributed by atoms with Crippen molar-refractivity contribution in [2.24, 2.45) is 5.73 Å². The first-order chi connectivity index (χ1) is 7.20. The lowest BCUT2D eigenvalue weighted by Gasteiger charge is -1.90. The summed E-state index contributed by atoms with van der Waals surface area (Å²) in [5.74, 6) is -0.00479. The molecular weight excluding hydrogens is 232 g/mol. The molecule has 0 fully saturated rings. The van der Waals surface area contributed by atoms with Gasteiger partial charge in [0.05, 0.1) is 10.2 Å². The summed E-state index contributed by atoms with van der Waals surface area (Å²) < 4.78 is 0.972. The number of nitrogens with zero attached hydrogens (tertiary/aromatic N) is 1. The largest absolute Gasteiger partial charge is 0.330 e. The first-order valence-electron chi connectivity index (χ1n) is 4.50. The number of halogens is 1. The number of hydrogen-bond acceptors (Lipinski definition) is 4. The van der Waals surface area contributed by atoms with Crippen LogP contribution >= 0.6 is 22.9 Å². The van der Waals surface area contributed by atoms with E-state index in [-0.39, 0.29) is 5.78 Å². The van der Waals surface area contributed by atoms with E-state index in [1.54, 1.807) is 12.1 Å². The lowest BCUT2D eigenvalue weighted by Crippen LogP contribution is -2.07. The molecule has 0 saturated heterocycles. The van der Waals surface area contributed by atoms with Crippen molar-refractivity contribution in [2.45, 2.75) is 6.42 Å². The van der Waals surface area contributed by atoms with Crippen molar-refractivity contribution in [2.75, 3.05) is 6.54 Å². The van der Waals surface area contributed by atoms with Crippen LogP contribution in [0.15, 0.2) is 18.2 Å². The number of aromatic nitrogens is 1. The van der Waals surface area contributed by atoms with Gasteiger partial charge in [0, 0.05) is 11.4 Å². The van der Waals surface area contributed by atoms with Gasteiger partial charge in [0.2, 0.25) is 0 Å². The van der Waals surface area contributed by atoms with Gasteiger partial charge in [-0.1, -0.05) is 11.6 Å². The molecule has 0 aliphatic carbocycles. The number of fused-ring (bicyclic) bond motifs is 1. The molecule has 2 rings (SSSR count). The second kappa shape index (κ2) is 4.26. The summed E-state index contributed by atoms with van der Waals surface area (Å²) >= 11 is 7.21. The predicted octanol–water partition coefficient (Wildman–Crippen LogP) is 2.48. The van der Waals surface area contributed by atoms with E-state index in [0.29, 0.717) is 23.0 Å². The van der Waals surface area contributed by atoms with Crippen LogP contribution in [0, 0.1) is 0 Å². The van der Waals surface area contributed by atoms with Gasteiger partial charge in [-0.15, -0.1) is 11.3 Å². The Morgan fingerprint density at radius 2 is 2.33 bits per heavy atom. The number of thiazole rings is 1. The van der Waals surface area contributed by atoms with Crippen LogP contribution < -0.4 is 5.73 Å². The zero-order valence-electron chi connectivity index (χ0n) is 7.87. The summed E-state index contributed by atoms with van der Waals surface area (Å²) in [7, 11) is 0. The van der Waals surface area contributed by atoms with Gasteiger partial charge in [0.1, 0.15) is 0 Å². The van der Waals surface area contributed by atoms with Gasteiger partial charge in [-0.3, -0.25) is 4.79 Å². The lowest BCUT2D eigenvalue weighted by molar-refractivity contribution is 0.0985. The van der Waals surface area contributed by atoms with Crippen LogP contribution in [-0.2, 0) is 0 Å². The summed E-state index contributed by atoms with van der Waals surface area (Å²) in [4.78, 5) is 15.8. The molecule has 0 atom stereocenters. The Bertz CT molecular complexity index is 509. The van der Waals surface area contributed by atoms with E-state index in [1.807, 2.05) is 6.07 Å². The molecule has 3 nitrogen and oxygen atoms in total. The zero-order chi connectivity index (χ0) is 10.8. The van der Waals surface area contributed by atoms with Crippen LogP contribution in [-0.4, -0.2) is 17.3 Å². The average Bonchev–Trinajstić information content (AvgIpc) is 2.60. The Labute approximate surface area is 95.9 Å². The van der Waals surface area contributed by atoms with Crippen LogP contribution in [0.3, 0.4) is 0 Å². The fourth-order valence-corrected chi connectivity index (χ4v) is 2.34. The smallest absolute Gasteiger partial charge is 0.192 e. The molecule has 1 aromatic carbocycles. The Morgan fingerprint density at radius 3 is 3.07 bits per heavy atom. The van der Waals surface area contributed by atoms with Crippen LogP contribution in [0.25, 0.3) is 10.2 Å². The maximum absolute atomic E-state index is 11.5. The minimum absolute atomic E-state index is 0.00479. The minimum Gasteiger partial charge on any atom is -0.330 e. The third-order valence-electron chi connectivity index (χ3n) is 1.96. The van der Waals surface area contributed by atoms with Crippen molar-refractivity contribution in [3.63, 3.8) is 0 Å². The molecule has 0 aliphatic rings. The number of ketones is 1. The van der Waals surface area contributed by atoms with E-state index in [2.05, 4.69) is 4.98 Å². The number of nitrogens with two attached hydrogens (primary N) is 1. The molecule has 2 N–H and O–H groups in total. The summed E-state index contributed by atoms with van der Waals surface area (Å²) in [6, 6.07) is 5.42. The van der Waals surface area contributed by atoms with Crippen LogP contribution in [0.1, 0.15) is 16.2 Å². The predicted molar refractivity (Wildman–Crippen MR) is 62.6 cm³/mol. The number of carbonyl (C=O) groups excluding carboxylic acids is 1. The first-order valence-corrected chi connectivity index (χ1v) is 5.69. The molecule has 0 unspecified atom stereocenters. The van der Waals surface area contributed by atoms with E-state index in [4.69, 9.17) is 17.3 Å². The normalized spacial score (nSPS) is 10.8. The zero-order valence-corrected chi connectivity index (χ0v) is 9.44. The molecule has 2 aromatic rings. The highest BCUT2D eigenvalue weighted by Gasteiger charge is 2.11. The Hall–Kier alpha value is -0.970. The van der Waals surface area contributed by atoms with Crippen molar-refractivity contribution >= 4 is 38.9 Å². The van der Waals surface area contributed by atoms with E-state index < -0.39 is 0 Å². The summed E-state index contributed by atoms with van der Waals surface area (Å²) in [6.07, 6.45) is 0.341. The maximum atomic E-state index is 11.5. The number of hydrogen-bond donors (Lipinski definition) is 1. The number of carbonyl (C=O) groups is 1. The molecule has 1 heterocycles. The number of benzene rings is 1. The SMILES string of the molecule is NCCC(=O)c1nc2cc(Cl)ccc2s1. The minimum atomic E-state index is -0.00479. The summed E-state index contributed by atoms with van der Waals surface area (Å²) in [5.41, 5.74) is 6.09. The first kappa shape index (κ1) is 10.5. The molecule has 0 aliphatic heterocycles. The van der Waals surface area contributed by atoms with Crippen molar-refractivity contribution in [3.8, 4) is 0 Å². The van der Waals surface area contributed by atoms with Crippen molar-refractivity contribution < 1.29 is 4.79 Å². The Balaban J connectivity index is 2.42. The van der Waals surface area contributed by atoms with Gasteiger partial charge in [0.25, 0.3) is 0 Å².